The van der Waals surface area contributed by atoms with E-state index < -0.39 is 17.4 Å². The van der Waals surface area contributed by atoms with Crippen LogP contribution in [0.3, 0.4) is 0 Å². The summed E-state index contributed by atoms with van der Waals surface area (Å²) in [5, 5.41) is 3.40. The Labute approximate surface area is 86.1 Å². The molecular weight excluding hydrogens is 207 g/mol. The highest BCUT2D eigenvalue weighted by Crippen LogP contribution is 2.28. The van der Waals surface area contributed by atoms with Gasteiger partial charge in [0.2, 0.25) is 0 Å². The molecule has 0 aliphatic carbocycles. The molecule has 0 aromatic carbocycles. The minimum atomic E-state index is -4.39. The zero-order valence-electron chi connectivity index (χ0n) is 8.89. The molecule has 1 aromatic rings. The first-order chi connectivity index (χ1) is 6.59. The van der Waals surface area contributed by atoms with Gasteiger partial charge in [0.25, 0.3) is 0 Å². The van der Waals surface area contributed by atoms with Crippen LogP contribution in [-0.2, 0) is 19.6 Å². The van der Waals surface area contributed by atoms with Gasteiger partial charge in [0.1, 0.15) is 0 Å². The summed E-state index contributed by atoms with van der Waals surface area (Å²) < 4.78 is 38.1. The van der Waals surface area contributed by atoms with Crippen molar-refractivity contribution in [2.45, 2.75) is 32.0 Å². The molecule has 0 atom stereocenters. The quantitative estimate of drug-likeness (QED) is 0.826. The molecule has 0 saturated heterocycles. The van der Waals surface area contributed by atoms with Crippen LogP contribution in [0, 0.1) is 0 Å². The Morgan fingerprint density at radius 2 is 1.93 bits per heavy atom. The highest BCUT2D eigenvalue weighted by Gasteiger charge is 2.34. The van der Waals surface area contributed by atoms with Gasteiger partial charge in [-0.05, 0) is 19.9 Å². The summed E-state index contributed by atoms with van der Waals surface area (Å²) in [7, 11) is 1.48. The number of nitrogens with zero attached hydrogens (tertiary/aromatic N) is 2. The lowest BCUT2D eigenvalue weighted by Crippen LogP contribution is -2.35. The molecule has 0 saturated carbocycles. The van der Waals surface area contributed by atoms with Crippen molar-refractivity contribution in [3.05, 3.63) is 17.5 Å². The Kier molecular flexibility index (Phi) is 2.82. The molecule has 0 spiro atoms. The second kappa shape index (κ2) is 3.52. The number of aromatic nitrogens is 2. The Bertz CT molecular complexity index is 346. The van der Waals surface area contributed by atoms with E-state index in [-0.39, 0.29) is 0 Å². The molecule has 0 radical (unpaired) electrons. The van der Waals surface area contributed by atoms with Crippen LogP contribution in [-0.4, -0.2) is 15.3 Å². The molecule has 0 aliphatic rings. The maximum absolute atomic E-state index is 12.3. The van der Waals surface area contributed by atoms with E-state index in [9.17, 15) is 13.2 Å². The van der Waals surface area contributed by atoms with Gasteiger partial charge in [-0.2, -0.15) is 18.3 Å². The summed E-state index contributed by atoms with van der Waals surface area (Å²) in [6.45, 7) is 3.51. The van der Waals surface area contributed by atoms with Gasteiger partial charge in [0, 0.05) is 24.7 Å². The van der Waals surface area contributed by atoms with Crippen molar-refractivity contribution in [1.29, 1.82) is 0 Å². The molecular formula is C9H14F3N3. The van der Waals surface area contributed by atoms with Crippen LogP contribution in [0.15, 0.2) is 6.07 Å². The van der Waals surface area contributed by atoms with Crippen LogP contribution in [0.4, 0.5) is 13.2 Å². The molecule has 2 N–H and O–H groups in total. The minimum absolute atomic E-state index is 0.354. The molecule has 6 heteroatoms. The van der Waals surface area contributed by atoms with Crippen molar-refractivity contribution < 1.29 is 13.2 Å². The maximum Gasteiger partial charge on any atom is 0.435 e. The van der Waals surface area contributed by atoms with Crippen molar-refractivity contribution in [3.63, 3.8) is 0 Å². The molecule has 1 rings (SSSR count). The Morgan fingerprint density at radius 3 is 2.27 bits per heavy atom. The SMILES string of the molecule is Cn1nc(C(F)(F)F)cc1CC(C)(C)N. The Balaban J connectivity index is 2.97. The lowest BCUT2D eigenvalue weighted by molar-refractivity contribution is -0.141. The number of alkyl halides is 3. The van der Waals surface area contributed by atoms with E-state index in [0.717, 1.165) is 6.07 Å². The molecule has 0 unspecified atom stereocenters. The Morgan fingerprint density at radius 1 is 1.40 bits per heavy atom. The van der Waals surface area contributed by atoms with Crippen LogP contribution in [0.2, 0.25) is 0 Å². The summed E-state index contributed by atoms with van der Waals surface area (Å²) in [5.41, 5.74) is 4.80. The van der Waals surface area contributed by atoms with Crippen LogP contribution >= 0.6 is 0 Å². The van der Waals surface area contributed by atoms with E-state index in [0.29, 0.717) is 12.1 Å². The number of aryl methyl sites for hydroxylation is 1. The van der Waals surface area contributed by atoms with Gasteiger partial charge in [0.05, 0.1) is 0 Å². The standard InChI is InChI=1S/C9H14F3N3/c1-8(2,13)5-6-4-7(9(10,11)12)14-15(6)3/h4H,5,13H2,1-3H3. The largest absolute Gasteiger partial charge is 0.435 e. The molecule has 3 nitrogen and oxygen atoms in total. The van der Waals surface area contributed by atoms with Crippen LogP contribution in [0.1, 0.15) is 25.2 Å². The predicted octanol–water partition coefficient (Wildman–Crippen LogP) is 1.72. The molecule has 1 aromatic heterocycles. The fourth-order valence-electron chi connectivity index (χ4n) is 1.28. The summed E-state index contributed by atoms with van der Waals surface area (Å²) in [5.74, 6) is 0. The van der Waals surface area contributed by atoms with E-state index >= 15 is 0 Å². The van der Waals surface area contributed by atoms with Crippen molar-refractivity contribution in [2.24, 2.45) is 12.8 Å². The van der Waals surface area contributed by atoms with E-state index in [1.54, 1.807) is 13.8 Å². The van der Waals surface area contributed by atoms with Crippen LogP contribution < -0.4 is 5.73 Å². The molecule has 0 aliphatic heterocycles. The van der Waals surface area contributed by atoms with Gasteiger partial charge in [-0.15, -0.1) is 0 Å². The van der Waals surface area contributed by atoms with Crippen molar-refractivity contribution in [3.8, 4) is 0 Å². The highest BCUT2D eigenvalue weighted by molar-refractivity contribution is 5.15. The van der Waals surface area contributed by atoms with Crippen molar-refractivity contribution >= 4 is 0 Å². The zero-order valence-corrected chi connectivity index (χ0v) is 8.89. The number of halogens is 3. The average Bonchev–Trinajstić information content (AvgIpc) is 2.27. The number of hydrogen-bond donors (Lipinski definition) is 1. The predicted molar refractivity (Wildman–Crippen MR) is 50.2 cm³/mol. The van der Waals surface area contributed by atoms with Crippen LogP contribution in [0.25, 0.3) is 0 Å². The van der Waals surface area contributed by atoms with E-state index in [2.05, 4.69) is 5.10 Å². The maximum atomic E-state index is 12.3. The Hall–Kier alpha value is -1.04. The third-order valence-corrected chi connectivity index (χ3v) is 1.90. The summed E-state index contributed by atoms with van der Waals surface area (Å²) in [4.78, 5) is 0. The van der Waals surface area contributed by atoms with Gasteiger partial charge in [-0.3, -0.25) is 4.68 Å². The smallest absolute Gasteiger partial charge is 0.325 e. The second-order valence-corrected chi connectivity index (χ2v) is 4.31. The molecule has 0 bridgehead atoms. The molecule has 86 valence electrons. The van der Waals surface area contributed by atoms with Crippen molar-refractivity contribution in [2.75, 3.05) is 0 Å². The third kappa shape index (κ3) is 3.23. The topological polar surface area (TPSA) is 43.8 Å². The minimum Gasteiger partial charge on any atom is -0.325 e. The van der Waals surface area contributed by atoms with Crippen molar-refractivity contribution in [1.82, 2.24) is 9.78 Å². The summed E-state index contributed by atoms with van der Waals surface area (Å²) in [6, 6.07) is 1.04. The molecule has 15 heavy (non-hydrogen) atoms. The molecule has 1 heterocycles. The molecule has 0 amide bonds. The normalized spacial score (nSPS) is 13.3. The molecule has 0 fully saturated rings. The van der Waals surface area contributed by atoms with Crippen LogP contribution in [0.5, 0.6) is 0 Å². The van der Waals surface area contributed by atoms with Gasteiger partial charge in [0.15, 0.2) is 5.69 Å². The van der Waals surface area contributed by atoms with Gasteiger partial charge in [-0.25, -0.2) is 0 Å². The highest BCUT2D eigenvalue weighted by atomic mass is 19.4. The lowest BCUT2D eigenvalue weighted by atomic mass is 10.00. The fraction of sp³-hybridized carbons (Fsp3) is 0.667. The first kappa shape index (κ1) is 12.0. The van der Waals surface area contributed by atoms with E-state index in [1.807, 2.05) is 0 Å². The fourth-order valence-corrected chi connectivity index (χ4v) is 1.28. The average molecular weight is 221 g/mol. The first-order valence-corrected chi connectivity index (χ1v) is 4.48. The lowest BCUT2D eigenvalue weighted by Gasteiger charge is -2.17. The number of rotatable bonds is 2. The third-order valence-electron chi connectivity index (χ3n) is 1.90. The van der Waals surface area contributed by atoms with Gasteiger partial charge < -0.3 is 5.73 Å². The number of nitrogens with two attached hydrogens (primary N) is 1. The van der Waals surface area contributed by atoms with E-state index in [4.69, 9.17) is 5.73 Å². The van der Waals surface area contributed by atoms with E-state index in [1.165, 1.54) is 11.7 Å². The summed E-state index contributed by atoms with van der Waals surface area (Å²) in [6.07, 6.45) is -4.04. The first-order valence-electron chi connectivity index (χ1n) is 4.48. The van der Waals surface area contributed by atoms with Gasteiger partial charge in [-0.1, -0.05) is 0 Å². The second-order valence-electron chi connectivity index (χ2n) is 4.31. The zero-order chi connectivity index (χ0) is 11.9. The van der Waals surface area contributed by atoms with Gasteiger partial charge >= 0.3 is 6.18 Å². The number of hydrogen-bond acceptors (Lipinski definition) is 2. The summed E-state index contributed by atoms with van der Waals surface area (Å²) >= 11 is 0. The monoisotopic (exact) mass is 221 g/mol.